The average molecular weight is 879 g/mol. The number of carbonyl (C=O) groups excluding carboxylic acids is 2. The second-order valence-electron chi connectivity index (χ2n) is 9.86. The van der Waals surface area contributed by atoms with Crippen molar-refractivity contribution >= 4 is 89.8 Å². The molecule has 0 radical (unpaired) electrons. The van der Waals surface area contributed by atoms with Gasteiger partial charge >= 0.3 is 11.9 Å². The van der Waals surface area contributed by atoms with Crippen LogP contribution in [0, 0.1) is 29.5 Å². The van der Waals surface area contributed by atoms with Crippen LogP contribution in [0.5, 0.6) is 5.75 Å². The Morgan fingerprint density at radius 3 is 2.45 bits per heavy atom. The highest BCUT2D eigenvalue weighted by atomic mass is 127. The summed E-state index contributed by atoms with van der Waals surface area (Å²) >= 11 is 6.42. The van der Waals surface area contributed by atoms with Gasteiger partial charge in [0.05, 0.1) is 29.1 Å². The van der Waals surface area contributed by atoms with Gasteiger partial charge in [-0.3, -0.25) is 4.79 Å². The lowest BCUT2D eigenvalue weighted by Crippen LogP contribution is -2.48. The fourth-order valence-electron chi connectivity index (χ4n) is 5.37. The third kappa shape index (κ3) is 5.13. The molecule has 6 unspecified atom stereocenters. The molecule has 0 saturated carbocycles. The highest BCUT2D eigenvalue weighted by Gasteiger charge is 2.68. The Balaban J connectivity index is 1.40. The average Bonchev–Trinajstić information content (AvgIpc) is 3.45. The summed E-state index contributed by atoms with van der Waals surface area (Å²) in [6.07, 6.45) is -2.38. The smallest absolute Gasteiger partial charge is 0.339 e. The summed E-state index contributed by atoms with van der Waals surface area (Å²) in [5.41, 5.74) is 1.05. The van der Waals surface area contributed by atoms with Gasteiger partial charge in [-0.25, -0.2) is 13.2 Å². The van der Waals surface area contributed by atoms with Crippen LogP contribution >= 0.6 is 67.8 Å². The molecule has 2 bridgehead atoms. The van der Waals surface area contributed by atoms with E-state index in [1.807, 2.05) is 6.07 Å². The number of benzene rings is 2. The van der Waals surface area contributed by atoms with Crippen molar-refractivity contribution in [2.45, 2.75) is 56.0 Å². The zero-order chi connectivity index (χ0) is 27.7. The van der Waals surface area contributed by atoms with Gasteiger partial charge in [-0.2, -0.15) is 0 Å². The van der Waals surface area contributed by atoms with Crippen molar-refractivity contribution < 1.29 is 41.5 Å². The highest BCUT2D eigenvalue weighted by molar-refractivity contribution is 14.1. The van der Waals surface area contributed by atoms with E-state index in [9.17, 15) is 22.6 Å². The van der Waals surface area contributed by atoms with Crippen LogP contribution in [0.2, 0.25) is 0 Å². The number of fused-ring (bicyclic) bond motifs is 1. The summed E-state index contributed by atoms with van der Waals surface area (Å²) < 4.78 is 61.6. The standard InChI is InChI=1S/C25H23I3O9S/c1-9(2)12-7-16(10(3)4-17(12)38(31,32)33)35-25(30)18-14-8-34-22-20(14)36-21(18)23(22)37-24(29)13-5-11(26)6-15(27)19(13)28/h4-7,9,14,18,20-23H,8H2,1-3H3,(H,31,32,33)/p-1. The van der Waals surface area contributed by atoms with Gasteiger partial charge in [0.2, 0.25) is 0 Å². The van der Waals surface area contributed by atoms with Gasteiger partial charge in [0, 0.05) is 16.6 Å². The molecule has 2 aromatic rings. The van der Waals surface area contributed by atoms with E-state index in [1.54, 1.807) is 26.8 Å². The van der Waals surface area contributed by atoms with Gasteiger partial charge in [-0.15, -0.1) is 0 Å². The van der Waals surface area contributed by atoms with Crippen LogP contribution in [0.25, 0.3) is 0 Å². The van der Waals surface area contributed by atoms with E-state index in [4.69, 9.17) is 18.9 Å². The van der Waals surface area contributed by atoms with Crippen molar-refractivity contribution in [2.24, 2.45) is 11.8 Å². The normalized spacial score (nSPS) is 27.7. The third-order valence-electron chi connectivity index (χ3n) is 7.14. The quantitative estimate of drug-likeness (QED) is 0.137. The Kier molecular flexibility index (Phi) is 8.11. The molecule has 3 saturated heterocycles. The van der Waals surface area contributed by atoms with E-state index in [1.165, 1.54) is 12.1 Å². The predicted molar refractivity (Wildman–Crippen MR) is 158 cm³/mol. The number of esters is 2. The van der Waals surface area contributed by atoms with Crippen molar-refractivity contribution in [3.8, 4) is 5.75 Å². The van der Waals surface area contributed by atoms with Gasteiger partial charge < -0.3 is 23.5 Å². The zero-order valence-electron chi connectivity index (χ0n) is 20.3. The molecular weight excluding hydrogens is 857 g/mol. The van der Waals surface area contributed by atoms with Gasteiger partial charge in [-0.05, 0) is 116 Å². The molecule has 13 heteroatoms. The molecule has 204 valence electrons. The second-order valence-corrected chi connectivity index (χ2v) is 14.7. The van der Waals surface area contributed by atoms with E-state index in [0.717, 1.165) is 10.7 Å². The number of rotatable bonds is 6. The summed E-state index contributed by atoms with van der Waals surface area (Å²) in [5.74, 6) is -2.22. The Morgan fingerprint density at radius 2 is 1.79 bits per heavy atom. The summed E-state index contributed by atoms with van der Waals surface area (Å²) in [6, 6.07) is 6.39. The van der Waals surface area contributed by atoms with E-state index < -0.39 is 52.4 Å². The first-order valence-electron chi connectivity index (χ1n) is 11.7. The number of aryl methyl sites for hydroxylation is 1. The fourth-order valence-corrected chi connectivity index (χ4v) is 8.65. The molecule has 0 N–H and O–H groups in total. The van der Waals surface area contributed by atoms with E-state index in [0.29, 0.717) is 11.1 Å². The maximum Gasteiger partial charge on any atom is 0.339 e. The summed E-state index contributed by atoms with van der Waals surface area (Å²) in [5, 5.41) is 0. The first-order valence-corrected chi connectivity index (χ1v) is 16.4. The molecule has 0 amide bonds. The van der Waals surface area contributed by atoms with E-state index in [-0.39, 0.29) is 34.7 Å². The Hall–Kier alpha value is -0.600. The Bertz CT molecular complexity index is 1440. The molecule has 3 aliphatic rings. The van der Waals surface area contributed by atoms with Crippen molar-refractivity contribution in [1.82, 2.24) is 0 Å². The fraction of sp³-hybridized carbons (Fsp3) is 0.440. The van der Waals surface area contributed by atoms with Gasteiger partial charge in [-0.1, -0.05) is 13.8 Å². The number of carbonyl (C=O) groups is 2. The molecule has 3 fully saturated rings. The molecule has 9 nitrogen and oxygen atoms in total. The van der Waals surface area contributed by atoms with Gasteiger partial charge in [0.15, 0.2) is 6.10 Å². The van der Waals surface area contributed by atoms with Crippen molar-refractivity contribution in [3.63, 3.8) is 0 Å². The molecule has 3 heterocycles. The minimum atomic E-state index is -4.70. The van der Waals surface area contributed by atoms with Crippen LogP contribution in [-0.2, 0) is 29.1 Å². The predicted octanol–water partition coefficient (Wildman–Crippen LogP) is 4.38. The minimum Gasteiger partial charge on any atom is -0.744 e. The largest absolute Gasteiger partial charge is 0.744 e. The lowest BCUT2D eigenvalue weighted by molar-refractivity contribution is -0.143. The SMILES string of the molecule is Cc1cc(S(=O)(=O)[O-])c(C(C)C)cc1OC(=O)C1C2COC3C2OC1C3OC(=O)c1cc(I)cc(I)c1I. The van der Waals surface area contributed by atoms with Crippen LogP contribution < -0.4 is 4.74 Å². The Labute approximate surface area is 260 Å². The molecular formula is C25H22I3O9S-. The van der Waals surface area contributed by atoms with Crippen LogP contribution in [-0.4, -0.2) is 55.9 Å². The number of hydrogen-bond acceptors (Lipinski definition) is 9. The number of ether oxygens (including phenoxy) is 4. The number of halogens is 3. The molecule has 38 heavy (non-hydrogen) atoms. The second kappa shape index (κ2) is 10.7. The van der Waals surface area contributed by atoms with Crippen molar-refractivity contribution in [3.05, 3.63) is 51.7 Å². The summed E-state index contributed by atoms with van der Waals surface area (Å²) in [6.45, 7) is 5.34. The van der Waals surface area contributed by atoms with E-state index >= 15 is 0 Å². The molecule has 5 rings (SSSR count). The molecule has 6 atom stereocenters. The highest BCUT2D eigenvalue weighted by Crippen LogP contribution is 2.51. The maximum atomic E-state index is 13.5. The van der Waals surface area contributed by atoms with Crippen molar-refractivity contribution in [1.29, 1.82) is 0 Å². The van der Waals surface area contributed by atoms with Crippen LogP contribution in [0.15, 0.2) is 29.2 Å². The monoisotopic (exact) mass is 879 g/mol. The van der Waals surface area contributed by atoms with Crippen molar-refractivity contribution in [2.75, 3.05) is 6.61 Å². The van der Waals surface area contributed by atoms with E-state index in [2.05, 4.69) is 67.8 Å². The summed E-state index contributed by atoms with van der Waals surface area (Å²) in [7, 11) is -4.70. The Morgan fingerprint density at radius 1 is 1.08 bits per heavy atom. The lowest BCUT2D eigenvalue weighted by atomic mass is 9.79. The number of hydrogen-bond donors (Lipinski definition) is 0. The minimum absolute atomic E-state index is 0.167. The zero-order valence-corrected chi connectivity index (χ0v) is 27.6. The van der Waals surface area contributed by atoms with Gasteiger partial charge in [0.1, 0.15) is 28.1 Å². The molecule has 0 aliphatic carbocycles. The first kappa shape index (κ1) is 28.9. The molecule has 0 spiro atoms. The van der Waals surface area contributed by atoms with Crippen LogP contribution in [0.4, 0.5) is 0 Å². The third-order valence-corrected chi connectivity index (χ3v) is 11.7. The lowest BCUT2D eigenvalue weighted by Gasteiger charge is -2.29. The van der Waals surface area contributed by atoms with Gasteiger partial charge in [0.25, 0.3) is 0 Å². The molecule has 0 aromatic heterocycles. The first-order chi connectivity index (χ1) is 17.8. The van der Waals surface area contributed by atoms with Crippen LogP contribution in [0.1, 0.15) is 41.3 Å². The molecule has 3 aliphatic heterocycles. The molecule has 2 aromatic carbocycles. The summed E-state index contributed by atoms with van der Waals surface area (Å²) in [4.78, 5) is 26.3. The van der Waals surface area contributed by atoms with Crippen LogP contribution in [0.3, 0.4) is 0 Å². The topological polar surface area (TPSA) is 128 Å². The maximum absolute atomic E-state index is 13.5.